The van der Waals surface area contributed by atoms with Crippen LogP contribution in [-0.2, 0) is 6.42 Å². The van der Waals surface area contributed by atoms with E-state index in [0.717, 1.165) is 6.42 Å². The molecule has 0 aliphatic carbocycles. The van der Waals surface area contributed by atoms with Crippen LogP contribution in [0.5, 0.6) is 0 Å². The van der Waals surface area contributed by atoms with E-state index in [1.165, 1.54) is 25.7 Å². The van der Waals surface area contributed by atoms with Crippen LogP contribution in [0, 0.1) is 0 Å². The first-order chi connectivity index (χ1) is 8.38. The van der Waals surface area contributed by atoms with Crippen molar-refractivity contribution in [2.75, 3.05) is 0 Å². The smallest absolute Gasteiger partial charge is 0.0358 e. The van der Waals surface area contributed by atoms with Crippen molar-refractivity contribution in [3.63, 3.8) is 0 Å². The van der Waals surface area contributed by atoms with Crippen LogP contribution in [0.25, 0.3) is 20.2 Å². The summed E-state index contributed by atoms with van der Waals surface area (Å²) in [6.07, 6.45) is 1.12. The molecule has 0 unspecified atom stereocenters. The number of fused-ring (bicyclic) bond motifs is 3. The van der Waals surface area contributed by atoms with E-state index in [4.69, 9.17) is 0 Å². The molecule has 0 saturated heterocycles. The normalized spacial score (nSPS) is 10.3. The third-order valence-corrected chi connectivity index (χ3v) is 3.99. The molecule has 0 radical (unpaired) electrons. The highest BCUT2D eigenvalue weighted by molar-refractivity contribution is 7.25. The Hall–Kier alpha value is -1.34. The van der Waals surface area contributed by atoms with Crippen LogP contribution in [0.1, 0.15) is 26.3 Å². The van der Waals surface area contributed by atoms with E-state index >= 15 is 0 Å². The quantitative estimate of drug-likeness (QED) is 0.518. The van der Waals surface area contributed by atoms with Gasteiger partial charge in [0.05, 0.1) is 0 Å². The third kappa shape index (κ3) is 2.20. The third-order valence-electron chi connectivity index (χ3n) is 2.85. The summed E-state index contributed by atoms with van der Waals surface area (Å²) in [4.78, 5) is 0. The lowest BCUT2D eigenvalue weighted by molar-refractivity contribution is 1.15. The predicted octanol–water partition coefficient (Wildman–Crippen LogP) is 5.64. The zero-order valence-corrected chi connectivity index (χ0v) is 11.5. The highest BCUT2D eigenvalue weighted by atomic mass is 32.1. The average Bonchev–Trinajstić information content (AvgIpc) is 2.78. The van der Waals surface area contributed by atoms with Gasteiger partial charge in [-0.1, -0.05) is 51.1 Å². The highest BCUT2D eigenvalue weighted by Crippen LogP contribution is 2.33. The maximum absolute atomic E-state index is 2.32. The number of aryl methyl sites for hydroxylation is 1. The van der Waals surface area contributed by atoms with Gasteiger partial charge in [0, 0.05) is 20.2 Å². The lowest BCUT2D eigenvalue weighted by Crippen LogP contribution is -1.76. The first-order valence-electron chi connectivity index (χ1n) is 6.28. The van der Waals surface area contributed by atoms with Crippen LogP contribution in [0.3, 0.4) is 0 Å². The van der Waals surface area contributed by atoms with Crippen molar-refractivity contribution in [2.45, 2.75) is 27.2 Å². The average molecular weight is 242 g/mol. The number of hydrogen-bond donors (Lipinski definition) is 0. The predicted molar refractivity (Wildman–Crippen MR) is 80.1 cm³/mol. The number of hydrogen-bond acceptors (Lipinski definition) is 1. The van der Waals surface area contributed by atoms with Crippen molar-refractivity contribution >= 4 is 31.5 Å². The fourth-order valence-electron chi connectivity index (χ4n) is 1.99. The van der Waals surface area contributed by atoms with Gasteiger partial charge >= 0.3 is 0 Å². The first-order valence-corrected chi connectivity index (χ1v) is 7.10. The lowest BCUT2D eigenvalue weighted by atomic mass is 10.1. The Morgan fingerprint density at radius 3 is 2.35 bits per heavy atom. The molecule has 0 spiro atoms. The highest BCUT2D eigenvalue weighted by Gasteiger charge is 2.03. The molecular formula is C16H18S. The van der Waals surface area contributed by atoms with Crippen molar-refractivity contribution in [3.8, 4) is 0 Å². The van der Waals surface area contributed by atoms with Crippen molar-refractivity contribution in [2.24, 2.45) is 0 Å². The Morgan fingerprint density at radius 2 is 1.59 bits per heavy atom. The van der Waals surface area contributed by atoms with Gasteiger partial charge in [-0.2, -0.15) is 0 Å². The second-order valence-electron chi connectivity index (χ2n) is 3.78. The minimum absolute atomic E-state index is 1.12. The van der Waals surface area contributed by atoms with E-state index in [9.17, 15) is 0 Å². The second kappa shape index (κ2) is 5.33. The van der Waals surface area contributed by atoms with E-state index in [2.05, 4.69) is 49.4 Å². The molecule has 88 valence electrons. The number of thiophene rings is 1. The van der Waals surface area contributed by atoms with Gasteiger partial charge in [-0.15, -0.1) is 11.3 Å². The van der Waals surface area contributed by atoms with Crippen LogP contribution < -0.4 is 0 Å². The molecule has 0 bridgehead atoms. The molecule has 0 atom stereocenters. The Labute approximate surface area is 107 Å². The molecule has 1 heteroatoms. The molecule has 0 saturated carbocycles. The molecule has 0 aliphatic heterocycles. The lowest BCUT2D eigenvalue weighted by Gasteiger charge is -1.95. The van der Waals surface area contributed by atoms with Gasteiger partial charge in [-0.3, -0.25) is 0 Å². The Balaban J connectivity index is 0.000000514. The minimum atomic E-state index is 1.12. The van der Waals surface area contributed by atoms with Crippen LogP contribution in [0.15, 0.2) is 42.5 Å². The van der Waals surface area contributed by atoms with Gasteiger partial charge in [-0.25, -0.2) is 0 Å². The van der Waals surface area contributed by atoms with Gasteiger partial charge < -0.3 is 0 Å². The second-order valence-corrected chi connectivity index (χ2v) is 4.87. The van der Waals surface area contributed by atoms with Crippen molar-refractivity contribution in [1.82, 2.24) is 0 Å². The summed E-state index contributed by atoms with van der Waals surface area (Å²) in [7, 11) is 0. The maximum atomic E-state index is 2.32. The van der Waals surface area contributed by atoms with Crippen LogP contribution in [0.2, 0.25) is 0 Å². The zero-order chi connectivity index (χ0) is 12.3. The van der Waals surface area contributed by atoms with Crippen molar-refractivity contribution < 1.29 is 0 Å². The van der Waals surface area contributed by atoms with E-state index in [-0.39, 0.29) is 0 Å². The molecule has 17 heavy (non-hydrogen) atoms. The molecule has 0 fully saturated rings. The fraction of sp³-hybridized carbons (Fsp3) is 0.250. The van der Waals surface area contributed by atoms with Gasteiger partial charge in [0.1, 0.15) is 0 Å². The molecule has 3 aromatic rings. The summed E-state index contributed by atoms with van der Waals surface area (Å²) >= 11 is 1.89. The zero-order valence-electron chi connectivity index (χ0n) is 10.7. The van der Waals surface area contributed by atoms with Crippen LogP contribution in [-0.4, -0.2) is 0 Å². The van der Waals surface area contributed by atoms with E-state index in [1.807, 2.05) is 25.2 Å². The number of benzene rings is 2. The monoisotopic (exact) mass is 242 g/mol. The molecule has 1 aromatic heterocycles. The van der Waals surface area contributed by atoms with Crippen molar-refractivity contribution in [1.29, 1.82) is 0 Å². The Bertz CT molecular complexity index is 620. The van der Waals surface area contributed by atoms with Gasteiger partial charge in [-0.05, 0) is 24.1 Å². The summed E-state index contributed by atoms with van der Waals surface area (Å²) < 4.78 is 2.80. The van der Waals surface area contributed by atoms with Gasteiger partial charge in [0.25, 0.3) is 0 Å². The molecule has 0 aliphatic rings. The minimum Gasteiger partial charge on any atom is -0.135 e. The van der Waals surface area contributed by atoms with Gasteiger partial charge in [0.15, 0.2) is 0 Å². The molecule has 0 nitrogen and oxygen atoms in total. The molecule has 0 N–H and O–H groups in total. The largest absolute Gasteiger partial charge is 0.135 e. The summed E-state index contributed by atoms with van der Waals surface area (Å²) in [5, 5.41) is 2.79. The van der Waals surface area contributed by atoms with Gasteiger partial charge in [0.2, 0.25) is 0 Å². The van der Waals surface area contributed by atoms with E-state index < -0.39 is 0 Å². The Kier molecular flexibility index (Phi) is 3.80. The summed E-state index contributed by atoms with van der Waals surface area (Å²) in [5.41, 5.74) is 1.43. The van der Waals surface area contributed by atoms with E-state index in [1.54, 1.807) is 0 Å². The molecule has 2 aromatic carbocycles. The van der Waals surface area contributed by atoms with Crippen LogP contribution >= 0.6 is 11.3 Å². The molecule has 0 amide bonds. The summed E-state index contributed by atoms with van der Waals surface area (Å²) in [5.74, 6) is 0. The first kappa shape index (κ1) is 12.1. The molecular weight excluding hydrogens is 224 g/mol. The fourth-order valence-corrected chi connectivity index (χ4v) is 3.16. The Morgan fingerprint density at radius 1 is 0.882 bits per heavy atom. The summed E-state index contributed by atoms with van der Waals surface area (Å²) in [6.45, 7) is 6.20. The van der Waals surface area contributed by atoms with Crippen LogP contribution in [0.4, 0.5) is 0 Å². The molecule has 1 heterocycles. The topological polar surface area (TPSA) is 0 Å². The SMILES string of the molecule is CC.CCc1ccc2c(c1)sc1ccccc12. The van der Waals surface area contributed by atoms with E-state index in [0.29, 0.717) is 0 Å². The molecule has 3 rings (SSSR count). The standard InChI is InChI=1S/C14H12S.C2H6/c1-2-10-7-8-12-11-5-3-4-6-13(11)15-14(12)9-10;1-2/h3-9H,2H2,1H3;1-2H3. The number of rotatable bonds is 1. The maximum Gasteiger partial charge on any atom is 0.0358 e. The summed E-state index contributed by atoms with van der Waals surface area (Å²) in [6, 6.07) is 15.4. The van der Waals surface area contributed by atoms with Crippen molar-refractivity contribution in [3.05, 3.63) is 48.0 Å².